The topological polar surface area (TPSA) is 71.3 Å². The molecule has 0 aliphatic carbocycles. The molecule has 6 nitrogen and oxygen atoms in total. The number of anilines is 1. The van der Waals surface area contributed by atoms with Gasteiger partial charge in [0, 0.05) is 25.7 Å². The molecule has 0 radical (unpaired) electrons. The Labute approximate surface area is 94.4 Å². The standard InChI is InChI=1S/C10H16N4O2/c1-8-6-10(13(3)5-4-11-2)12-7-9(8)14(15)16/h6-7,11H,4-5H2,1-3H3. The molecule has 1 N–H and O–H groups in total. The van der Waals surface area contributed by atoms with Crippen molar-refractivity contribution in [3.63, 3.8) is 0 Å². The minimum atomic E-state index is -0.417. The second-order valence-electron chi connectivity index (χ2n) is 3.61. The minimum absolute atomic E-state index is 0.0609. The first-order valence-electron chi connectivity index (χ1n) is 5.03. The summed E-state index contributed by atoms with van der Waals surface area (Å²) in [6.07, 6.45) is 1.31. The van der Waals surface area contributed by atoms with E-state index in [1.807, 2.05) is 19.0 Å². The van der Waals surface area contributed by atoms with Gasteiger partial charge in [-0.1, -0.05) is 0 Å². The second-order valence-corrected chi connectivity index (χ2v) is 3.61. The molecule has 0 bridgehead atoms. The minimum Gasteiger partial charge on any atom is -0.358 e. The SMILES string of the molecule is CNCCN(C)c1cc(C)c([N+](=O)[O-])cn1. The van der Waals surface area contributed by atoms with E-state index in [0.29, 0.717) is 5.56 Å². The van der Waals surface area contributed by atoms with Gasteiger partial charge in [-0.2, -0.15) is 0 Å². The van der Waals surface area contributed by atoms with E-state index in [-0.39, 0.29) is 5.69 Å². The maximum Gasteiger partial charge on any atom is 0.290 e. The highest BCUT2D eigenvalue weighted by atomic mass is 16.6. The molecule has 0 unspecified atom stereocenters. The third kappa shape index (κ3) is 2.90. The number of aryl methyl sites for hydroxylation is 1. The molecule has 6 heteroatoms. The Kier molecular flexibility index (Phi) is 4.19. The molecule has 0 amide bonds. The molecular formula is C10H16N4O2. The van der Waals surface area contributed by atoms with Gasteiger partial charge in [0.25, 0.3) is 5.69 Å². The van der Waals surface area contributed by atoms with E-state index in [0.717, 1.165) is 18.9 Å². The molecule has 0 fully saturated rings. The maximum atomic E-state index is 10.6. The van der Waals surface area contributed by atoms with Crippen molar-refractivity contribution in [2.75, 3.05) is 32.1 Å². The predicted molar refractivity (Wildman–Crippen MR) is 62.8 cm³/mol. The third-order valence-electron chi connectivity index (χ3n) is 2.35. The summed E-state index contributed by atoms with van der Waals surface area (Å²) >= 11 is 0. The number of pyridine rings is 1. The van der Waals surface area contributed by atoms with Gasteiger partial charge < -0.3 is 10.2 Å². The van der Waals surface area contributed by atoms with Crippen molar-refractivity contribution in [2.45, 2.75) is 6.92 Å². The molecule has 1 heterocycles. The zero-order chi connectivity index (χ0) is 12.1. The van der Waals surface area contributed by atoms with E-state index in [9.17, 15) is 10.1 Å². The van der Waals surface area contributed by atoms with Gasteiger partial charge in [0.2, 0.25) is 0 Å². The highest BCUT2D eigenvalue weighted by Gasteiger charge is 2.12. The van der Waals surface area contributed by atoms with E-state index in [1.165, 1.54) is 6.20 Å². The van der Waals surface area contributed by atoms with Crippen LogP contribution >= 0.6 is 0 Å². The quantitative estimate of drug-likeness (QED) is 0.595. The van der Waals surface area contributed by atoms with Crippen molar-refractivity contribution in [1.29, 1.82) is 0 Å². The lowest BCUT2D eigenvalue weighted by molar-refractivity contribution is -0.385. The monoisotopic (exact) mass is 224 g/mol. The Balaban J connectivity index is 2.84. The maximum absolute atomic E-state index is 10.6. The predicted octanol–water partition coefficient (Wildman–Crippen LogP) is 0.954. The van der Waals surface area contributed by atoms with Crippen LogP contribution in [0.2, 0.25) is 0 Å². The summed E-state index contributed by atoms with van der Waals surface area (Å²) in [4.78, 5) is 16.2. The van der Waals surface area contributed by atoms with Crippen molar-refractivity contribution < 1.29 is 4.92 Å². The molecule has 0 atom stereocenters. The summed E-state index contributed by atoms with van der Waals surface area (Å²) in [7, 11) is 3.79. The number of aromatic nitrogens is 1. The van der Waals surface area contributed by atoms with Crippen LogP contribution in [0.5, 0.6) is 0 Å². The van der Waals surface area contributed by atoms with E-state index in [4.69, 9.17) is 0 Å². The summed E-state index contributed by atoms with van der Waals surface area (Å²) in [6, 6.07) is 1.73. The number of nitrogens with one attached hydrogen (secondary N) is 1. The van der Waals surface area contributed by atoms with Crippen LogP contribution in [0.3, 0.4) is 0 Å². The Morgan fingerprint density at radius 3 is 2.81 bits per heavy atom. The van der Waals surface area contributed by atoms with Gasteiger partial charge in [-0.15, -0.1) is 0 Å². The molecule has 0 aromatic carbocycles. The summed E-state index contributed by atoms with van der Waals surface area (Å²) in [6.45, 7) is 3.37. The first kappa shape index (κ1) is 12.4. The number of nitro groups is 1. The van der Waals surface area contributed by atoms with Gasteiger partial charge in [0.1, 0.15) is 12.0 Å². The molecule has 16 heavy (non-hydrogen) atoms. The Morgan fingerprint density at radius 1 is 1.62 bits per heavy atom. The first-order chi connectivity index (χ1) is 7.56. The molecule has 1 aromatic heterocycles. The fourth-order valence-electron chi connectivity index (χ4n) is 1.33. The smallest absolute Gasteiger partial charge is 0.290 e. The van der Waals surface area contributed by atoms with Crippen molar-refractivity contribution in [2.24, 2.45) is 0 Å². The average molecular weight is 224 g/mol. The van der Waals surface area contributed by atoms with Gasteiger partial charge >= 0.3 is 0 Å². The van der Waals surface area contributed by atoms with Crippen LogP contribution < -0.4 is 10.2 Å². The lowest BCUT2D eigenvalue weighted by atomic mass is 10.2. The molecular weight excluding hydrogens is 208 g/mol. The molecule has 0 saturated carbocycles. The van der Waals surface area contributed by atoms with Crippen molar-refractivity contribution >= 4 is 11.5 Å². The summed E-state index contributed by atoms with van der Waals surface area (Å²) in [5.41, 5.74) is 0.692. The van der Waals surface area contributed by atoms with E-state index >= 15 is 0 Å². The zero-order valence-corrected chi connectivity index (χ0v) is 9.73. The molecule has 0 spiro atoms. The summed E-state index contributed by atoms with van der Waals surface area (Å²) < 4.78 is 0. The van der Waals surface area contributed by atoms with E-state index in [2.05, 4.69) is 10.3 Å². The highest BCUT2D eigenvalue weighted by Crippen LogP contribution is 2.20. The van der Waals surface area contributed by atoms with Gasteiger partial charge in [0.05, 0.1) is 4.92 Å². The lowest BCUT2D eigenvalue weighted by Crippen LogP contribution is -2.27. The summed E-state index contributed by atoms with van der Waals surface area (Å²) in [5.74, 6) is 0.748. The Morgan fingerprint density at radius 2 is 2.31 bits per heavy atom. The van der Waals surface area contributed by atoms with Crippen LogP contribution in [0, 0.1) is 17.0 Å². The van der Waals surface area contributed by atoms with Gasteiger partial charge in [0.15, 0.2) is 0 Å². The molecule has 88 valence electrons. The fourth-order valence-corrected chi connectivity index (χ4v) is 1.33. The highest BCUT2D eigenvalue weighted by molar-refractivity contribution is 5.48. The number of nitrogens with zero attached hydrogens (tertiary/aromatic N) is 3. The molecule has 0 aliphatic rings. The fraction of sp³-hybridized carbons (Fsp3) is 0.500. The number of likely N-dealkylation sites (N-methyl/N-ethyl adjacent to an activating group) is 2. The Hall–Kier alpha value is -1.69. The molecule has 0 saturated heterocycles. The van der Waals surface area contributed by atoms with Crippen LogP contribution in [0.1, 0.15) is 5.56 Å². The van der Waals surface area contributed by atoms with Crippen LogP contribution in [-0.2, 0) is 0 Å². The summed E-state index contributed by atoms with van der Waals surface area (Å²) in [5, 5.41) is 13.7. The average Bonchev–Trinajstić information content (AvgIpc) is 2.25. The van der Waals surface area contributed by atoms with Crippen molar-refractivity contribution in [1.82, 2.24) is 10.3 Å². The van der Waals surface area contributed by atoms with Crippen molar-refractivity contribution in [3.8, 4) is 0 Å². The van der Waals surface area contributed by atoms with Gasteiger partial charge in [-0.25, -0.2) is 4.98 Å². The lowest BCUT2D eigenvalue weighted by Gasteiger charge is -2.17. The zero-order valence-electron chi connectivity index (χ0n) is 9.73. The van der Waals surface area contributed by atoms with Crippen molar-refractivity contribution in [3.05, 3.63) is 27.9 Å². The van der Waals surface area contributed by atoms with E-state index in [1.54, 1.807) is 13.0 Å². The largest absolute Gasteiger partial charge is 0.358 e. The normalized spacial score (nSPS) is 10.2. The van der Waals surface area contributed by atoms with Crippen LogP contribution in [-0.4, -0.2) is 37.1 Å². The molecule has 1 aromatic rings. The van der Waals surface area contributed by atoms with E-state index < -0.39 is 4.92 Å². The first-order valence-corrected chi connectivity index (χ1v) is 5.03. The third-order valence-corrected chi connectivity index (χ3v) is 2.35. The van der Waals surface area contributed by atoms with Gasteiger partial charge in [-0.3, -0.25) is 10.1 Å². The Bertz CT molecular complexity index is 381. The van der Waals surface area contributed by atoms with Gasteiger partial charge in [-0.05, 0) is 20.0 Å². The van der Waals surface area contributed by atoms with Crippen LogP contribution in [0.4, 0.5) is 11.5 Å². The molecule has 1 rings (SSSR count). The second kappa shape index (κ2) is 5.41. The number of hydrogen-bond acceptors (Lipinski definition) is 5. The number of rotatable bonds is 5. The number of hydrogen-bond donors (Lipinski definition) is 1. The molecule has 0 aliphatic heterocycles. The van der Waals surface area contributed by atoms with Crippen LogP contribution in [0.25, 0.3) is 0 Å². The van der Waals surface area contributed by atoms with Crippen LogP contribution in [0.15, 0.2) is 12.3 Å².